The first kappa shape index (κ1) is 12.8. The highest BCUT2D eigenvalue weighted by Crippen LogP contribution is 2.25. The molecule has 3 rings (SSSR count). The van der Waals surface area contributed by atoms with Crippen molar-refractivity contribution < 1.29 is 9.90 Å². The second-order valence-electron chi connectivity index (χ2n) is 4.82. The van der Waals surface area contributed by atoms with Crippen molar-refractivity contribution in [1.29, 1.82) is 0 Å². The molecular formula is C16H16N2O2. The van der Waals surface area contributed by atoms with Crippen molar-refractivity contribution >= 4 is 5.91 Å². The summed E-state index contributed by atoms with van der Waals surface area (Å²) in [4.78, 5) is 12.1. The Hall–Kier alpha value is -2.17. The molecule has 2 aromatic carbocycles. The van der Waals surface area contributed by atoms with E-state index in [1.54, 1.807) is 17.1 Å². The lowest BCUT2D eigenvalue weighted by molar-refractivity contribution is -0.0362. The van der Waals surface area contributed by atoms with Crippen molar-refractivity contribution in [2.45, 2.75) is 12.6 Å². The lowest BCUT2D eigenvalue weighted by atomic mass is 9.99. The summed E-state index contributed by atoms with van der Waals surface area (Å²) in [5.74, 6) is -0.205. The lowest BCUT2D eigenvalue weighted by Crippen LogP contribution is -2.47. The predicted molar refractivity (Wildman–Crippen MR) is 75.7 cm³/mol. The Morgan fingerprint density at radius 3 is 2.60 bits per heavy atom. The zero-order chi connectivity index (χ0) is 13.9. The number of carbonyl (C=O) groups excluding carboxylic acids is 1. The summed E-state index contributed by atoms with van der Waals surface area (Å²) >= 11 is 0. The van der Waals surface area contributed by atoms with Gasteiger partial charge in [-0.25, -0.2) is 0 Å². The van der Waals surface area contributed by atoms with Gasteiger partial charge in [-0.3, -0.25) is 10.2 Å². The van der Waals surface area contributed by atoms with Gasteiger partial charge in [-0.2, -0.15) is 5.01 Å². The molecule has 1 amide bonds. The number of hydrazine groups is 1. The number of rotatable bonds is 2. The first-order valence-corrected chi connectivity index (χ1v) is 6.64. The Balaban J connectivity index is 1.75. The van der Waals surface area contributed by atoms with Crippen LogP contribution in [0, 0.1) is 0 Å². The topological polar surface area (TPSA) is 52.6 Å². The number of hydrogen-bond acceptors (Lipinski definition) is 3. The number of hydrogen-bond donors (Lipinski definition) is 2. The summed E-state index contributed by atoms with van der Waals surface area (Å²) in [6, 6.07) is 16.7. The van der Waals surface area contributed by atoms with Crippen molar-refractivity contribution in [2.24, 2.45) is 0 Å². The van der Waals surface area contributed by atoms with Crippen molar-refractivity contribution in [3.05, 3.63) is 71.3 Å². The van der Waals surface area contributed by atoms with Crippen LogP contribution in [0.3, 0.4) is 0 Å². The van der Waals surface area contributed by atoms with E-state index >= 15 is 0 Å². The fourth-order valence-electron chi connectivity index (χ4n) is 2.45. The van der Waals surface area contributed by atoms with E-state index in [0.717, 1.165) is 17.5 Å². The summed E-state index contributed by atoms with van der Waals surface area (Å²) in [5.41, 5.74) is 5.34. The van der Waals surface area contributed by atoms with Gasteiger partial charge < -0.3 is 5.11 Å². The maximum atomic E-state index is 12.1. The molecule has 0 bridgehead atoms. The van der Waals surface area contributed by atoms with Crippen LogP contribution >= 0.6 is 0 Å². The summed E-state index contributed by atoms with van der Waals surface area (Å²) in [6.45, 7) is 0.594. The zero-order valence-electron chi connectivity index (χ0n) is 11.0. The first-order chi connectivity index (χ1) is 9.75. The number of carbonyl (C=O) groups is 1. The Labute approximate surface area is 117 Å². The molecule has 0 fully saturated rings. The first-order valence-electron chi connectivity index (χ1n) is 6.64. The van der Waals surface area contributed by atoms with Crippen LogP contribution in [0.15, 0.2) is 54.6 Å². The third-order valence-electron chi connectivity index (χ3n) is 3.53. The van der Waals surface area contributed by atoms with E-state index in [4.69, 9.17) is 0 Å². The van der Waals surface area contributed by atoms with Crippen LogP contribution in [0.2, 0.25) is 0 Å². The Morgan fingerprint density at radius 1 is 1.10 bits per heavy atom. The standard InChI is InChI=1S/C16H16N2O2/c19-15(13-7-2-1-3-8-13)17-18-11-10-12-6-4-5-9-14(12)16(18)20/h1-9,16,20H,10-11H2,(H,17,19). The monoisotopic (exact) mass is 268 g/mol. The van der Waals surface area contributed by atoms with Crippen molar-refractivity contribution in [1.82, 2.24) is 10.4 Å². The molecule has 102 valence electrons. The quantitative estimate of drug-likeness (QED) is 0.874. The number of aliphatic hydroxyl groups excluding tert-OH is 1. The molecule has 1 heterocycles. The number of amides is 1. The molecule has 0 aliphatic carbocycles. The minimum atomic E-state index is -0.799. The third kappa shape index (κ3) is 2.43. The van der Waals surface area contributed by atoms with Crippen LogP contribution in [-0.2, 0) is 6.42 Å². The molecule has 1 unspecified atom stereocenters. The molecule has 0 aromatic heterocycles. The van der Waals surface area contributed by atoms with Gasteiger partial charge in [-0.1, -0.05) is 42.5 Å². The van der Waals surface area contributed by atoms with E-state index < -0.39 is 6.23 Å². The van der Waals surface area contributed by atoms with Crippen LogP contribution in [-0.4, -0.2) is 22.6 Å². The van der Waals surface area contributed by atoms with Gasteiger partial charge in [0, 0.05) is 17.7 Å². The summed E-state index contributed by atoms with van der Waals surface area (Å²) in [7, 11) is 0. The molecule has 0 saturated carbocycles. The van der Waals surface area contributed by atoms with Crippen LogP contribution in [0.1, 0.15) is 27.7 Å². The van der Waals surface area contributed by atoms with Crippen molar-refractivity contribution in [3.8, 4) is 0 Å². The summed E-state index contributed by atoms with van der Waals surface area (Å²) < 4.78 is 0. The molecule has 1 aliphatic heterocycles. The Morgan fingerprint density at radius 2 is 1.80 bits per heavy atom. The van der Waals surface area contributed by atoms with Crippen LogP contribution in [0.4, 0.5) is 0 Å². The van der Waals surface area contributed by atoms with E-state index in [1.807, 2.05) is 42.5 Å². The van der Waals surface area contributed by atoms with Crippen LogP contribution in [0.25, 0.3) is 0 Å². The molecule has 0 saturated heterocycles. The van der Waals surface area contributed by atoms with E-state index in [9.17, 15) is 9.90 Å². The lowest BCUT2D eigenvalue weighted by Gasteiger charge is -2.33. The fourth-order valence-corrected chi connectivity index (χ4v) is 2.45. The molecule has 1 atom stereocenters. The number of nitrogens with zero attached hydrogens (tertiary/aromatic N) is 1. The Bertz CT molecular complexity index is 613. The van der Waals surface area contributed by atoms with Gasteiger partial charge >= 0.3 is 0 Å². The maximum absolute atomic E-state index is 12.1. The summed E-state index contributed by atoms with van der Waals surface area (Å²) in [6.07, 6.45) is 0.00933. The molecule has 2 aromatic rings. The Kier molecular flexibility index (Phi) is 3.50. The number of benzene rings is 2. The molecule has 0 spiro atoms. The average Bonchev–Trinajstić information content (AvgIpc) is 2.51. The molecular weight excluding hydrogens is 252 g/mol. The maximum Gasteiger partial charge on any atom is 0.265 e. The van der Waals surface area contributed by atoms with Gasteiger partial charge in [-0.15, -0.1) is 0 Å². The van der Waals surface area contributed by atoms with E-state index in [1.165, 1.54) is 0 Å². The van der Waals surface area contributed by atoms with E-state index in [2.05, 4.69) is 5.43 Å². The van der Waals surface area contributed by atoms with Crippen molar-refractivity contribution in [3.63, 3.8) is 0 Å². The normalized spacial score (nSPS) is 18.4. The number of fused-ring (bicyclic) bond motifs is 1. The third-order valence-corrected chi connectivity index (χ3v) is 3.53. The second kappa shape index (κ2) is 5.45. The zero-order valence-corrected chi connectivity index (χ0v) is 11.0. The van der Waals surface area contributed by atoms with Gasteiger partial charge in [0.1, 0.15) is 6.23 Å². The smallest absolute Gasteiger partial charge is 0.265 e. The molecule has 20 heavy (non-hydrogen) atoms. The van der Waals surface area contributed by atoms with Crippen LogP contribution < -0.4 is 5.43 Å². The van der Waals surface area contributed by atoms with Gasteiger partial charge in [0.15, 0.2) is 0 Å². The van der Waals surface area contributed by atoms with Gasteiger partial charge in [0.25, 0.3) is 5.91 Å². The van der Waals surface area contributed by atoms with E-state index in [0.29, 0.717) is 12.1 Å². The molecule has 0 radical (unpaired) electrons. The number of nitrogens with one attached hydrogen (secondary N) is 1. The average molecular weight is 268 g/mol. The van der Waals surface area contributed by atoms with Gasteiger partial charge in [0.05, 0.1) is 0 Å². The van der Waals surface area contributed by atoms with E-state index in [-0.39, 0.29) is 5.91 Å². The van der Waals surface area contributed by atoms with Gasteiger partial charge in [0.2, 0.25) is 0 Å². The number of aliphatic hydroxyl groups is 1. The van der Waals surface area contributed by atoms with Crippen LogP contribution in [0.5, 0.6) is 0 Å². The minimum Gasteiger partial charge on any atom is -0.372 e. The largest absolute Gasteiger partial charge is 0.372 e. The molecule has 4 heteroatoms. The van der Waals surface area contributed by atoms with Crippen molar-refractivity contribution in [2.75, 3.05) is 6.54 Å². The molecule has 4 nitrogen and oxygen atoms in total. The highest BCUT2D eigenvalue weighted by atomic mass is 16.3. The minimum absolute atomic E-state index is 0.205. The highest BCUT2D eigenvalue weighted by molar-refractivity contribution is 5.93. The molecule has 1 aliphatic rings. The molecule has 2 N–H and O–H groups in total. The predicted octanol–water partition coefficient (Wildman–Crippen LogP) is 1.88. The van der Waals surface area contributed by atoms with Gasteiger partial charge in [-0.05, 0) is 24.1 Å². The fraction of sp³-hybridized carbons (Fsp3) is 0.188. The highest BCUT2D eigenvalue weighted by Gasteiger charge is 2.26. The summed E-state index contributed by atoms with van der Waals surface area (Å²) in [5, 5.41) is 11.9. The second-order valence-corrected chi connectivity index (χ2v) is 4.82. The SMILES string of the molecule is O=C(NN1CCc2ccccc2C1O)c1ccccc1.